The second-order valence-electron chi connectivity index (χ2n) is 7.55. The van der Waals surface area contributed by atoms with Crippen LogP contribution >= 0.6 is 22.6 Å². The third-order valence-electron chi connectivity index (χ3n) is 5.29. The molecular formula is C25H23IN4O3S. The van der Waals surface area contributed by atoms with Gasteiger partial charge in [0.15, 0.2) is 0 Å². The molecule has 0 saturated heterocycles. The fourth-order valence-electron chi connectivity index (χ4n) is 3.55. The van der Waals surface area contributed by atoms with Crippen LogP contribution in [0.4, 0.5) is 5.69 Å². The minimum absolute atomic E-state index is 0.127. The summed E-state index contributed by atoms with van der Waals surface area (Å²) in [4.78, 5) is 17.4. The normalized spacial score (nSPS) is 11.2. The lowest BCUT2D eigenvalue weighted by Gasteiger charge is -2.24. The zero-order valence-corrected chi connectivity index (χ0v) is 21.4. The summed E-state index contributed by atoms with van der Waals surface area (Å²) in [5, 5.41) is 2.88. The van der Waals surface area contributed by atoms with E-state index in [0.717, 1.165) is 25.0 Å². The van der Waals surface area contributed by atoms with Gasteiger partial charge in [-0.25, -0.2) is 13.4 Å². The Kier molecular flexibility index (Phi) is 7.32. The fraction of sp³-hybridized carbons (Fsp3) is 0.120. The Morgan fingerprint density at radius 1 is 1.00 bits per heavy atom. The Hall–Kier alpha value is -3.18. The number of nitrogens with zero attached hydrogens (tertiary/aromatic N) is 3. The highest BCUT2D eigenvalue weighted by molar-refractivity contribution is 14.1. The number of hydrogen-bond acceptors (Lipinski definition) is 4. The van der Waals surface area contributed by atoms with Crippen molar-refractivity contribution >= 4 is 44.2 Å². The largest absolute Gasteiger partial charge is 0.350 e. The summed E-state index contributed by atoms with van der Waals surface area (Å²) >= 11 is 2.15. The average molecular weight is 586 g/mol. The third-order valence-corrected chi connectivity index (χ3v) is 7.79. The zero-order chi connectivity index (χ0) is 24.1. The number of amides is 1. The van der Waals surface area contributed by atoms with Gasteiger partial charge in [0.1, 0.15) is 12.4 Å². The molecule has 0 unspecified atom stereocenters. The predicted molar refractivity (Wildman–Crippen MR) is 140 cm³/mol. The van der Waals surface area contributed by atoms with Gasteiger partial charge < -0.3 is 9.88 Å². The van der Waals surface area contributed by atoms with E-state index in [0.29, 0.717) is 5.69 Å². The number of rotatable bonds is 8. The van der Waals surface area contributed by atoms with E-state index in [1.807, 2.05) is 54.1 Å². The molecule has 1 heterocycles. The van der Waals surface area contributed by atoms with Crippen LogP contribution in [0.15, 0.2) is 96.2 Å². The molecule has 0 fully saturated rings. The number of anilines is 1. The highest BCUT2D eigenvalue weighted by Gasteiger charge is 2.27. The molecule has 34 heavy (non-hydrogen) atoms. The van der Waals surface area contributed by atoms with E-state index in [4.69, 9.17) is 0 Å². The van der Waals surface area contributed by atoms with E-state index in [-0.39, 0.29) is 18.0 Å². The lowest BCUT2D eigenvalue weighted by molar-refractivity contribution is -0.119. The molecule has 174 valence electrons. The third kappa shape index (κ3) is 5.31. The van der Waals surface area contributed by atoms with E-state index in [1.54, 1.807) is 36.5 Å². The molecule has 0 radical (unpaired) electrons. The quantitative estimate of drug-likeness (QED) is 0.312. The summed E-state index contributed by atoms with van der Waals surface area (Å²) in [6.07, 6.45) is 3.58. The Morgan fingerprint density at radius 2 is 1.68 bits per heavy atom. The molecule has 0 bridgehead atoms. The number of imidazole rings is 1. The van der Waals surface area contributed by atoms with E-state index in [2.05, 4.69) is 32.9 Å². The van der Waals surface area contributed by atoms with Crippen LogP contribution in [-0.4, -0.2) is 30.4 Å². The van der Waals surface area contributed by atoms with Crippen molar-refractivity contribution in [3.05, 3.63) is 106 Å². The lowest BCUT2D eigenvalue weighted by atomic mass is 10.1. The van der Waals surface area contributed by atoms with Crippen LogP contribution in [0.3, 0.4) is 0 Å². The second-order valence-corrected chi connectivity index (χ2v) is 10.7. The van der Waals surface area contributed by atoms with E-state index in [1.165, 1.54) is 12.1 Å². The second kappa shape index (κ2) is 10.4. The molecule has 1 aromatic heterocycles. The van der Waals surface area contributed by atoms with Gasteiger partial charge in [0.05, 0.1) is 16.3 Å². The molecule has 7 nitrogen and oxygen atoms in total. The van der Waals surface area contributed by atoms with Gasteiger partial charge in [-0.2, -0.15) is 0 Å². The Morgan fingerprint density at radius 3 is 2.35 bits per heavy atom. The number of nitrogens with one attached hydrogen (secondary N) is 1. The van der Waals surface area contributed by atoms with Crippen molar-refractivity contribution in [1.82, 2.24) is 14.9 Å². The topological polar surface area (TPSA) is 84.3 Å². The highest BCUT2D eigenvalue weighted by Crippen LogP contribution is 2.24. The number of carbonyl (C=O) groups excluding carboxylic acids is 1. The molecule has 0 aliphatic rings. The van der Waals surface area contributed by atoms with E-state index < -0.39 is 15.9 Å². The first-order valence-electron chi connectivity index (χ1n) is 10.5. The van der Waals surface area contributed by atoms with Gasteiger partial charge in [0.25, 0.3) is 10.0 Å². The molecule has 3 aromatic carbocycles. The molecule has 9 heteroatoms. The summed E-state index contributed by atoms with van der Waals surface area (Å²) in [7, 11) is -3.94. The Labute approximate surface area is 212 Å². The molecule has 1 amide bonds. The standard InChI is InChI=1S/C25H23IN4O3S/c1-19-27-15-16-29(19)24-10-6-5-7-20(24)17-28-25(31)18-30(22-13-11-21(26)12-14-22)34(32,33)23-8-3-2-4-9-23/h2-16H,17-18H2,1H3,(H,28,31). The summed E-state index contributed by atoms with van der Waals surface area (Å²) in [6.45, 7) is 1.81. The molecule has 0 aliphatic heterocycles. The monoisotopic (exact) mass is 586 g/mol. The van der Waals surface area contributed by atoms with Crippen LogP contribution in [0.25, 0.3) is 5.69 Å². The van der Waals surface area contributed by atoms with Crippen LogP contribution in [0.2, 0.25) is 0 Å². The van der Waals surface area contributed by atoms with E-state index in [9.17, 15) is 13.2 Å². The van der Waals surface area contributed by atoms with Gasteiger partial charge >= 0.3 is 0 Å². The Balaban J connectivity index is 1.57. The lowest BCUT2D eigenvalue weighted by Crippen LogP contribution is -2.40. The SMILES string of the molecule is Cc1nccn1-c1ccccc1CNC(=O)CN(c1ccc(I)cc1)S(=O)(=O)c1ccccc1. The van der Waals surface area contributed by atoms with Gasteiger partial charge in [-0.05, 0) is 77.5 Å². The molecule has 0 atom stereocenters. The minimum atomic E-state index is -3.94. The van der Waals surface area contributed by atoms with E-state index >= 15 is 0 Å². The maximum atomic E-state index is 13.4. The number of hydrogen-bond donors (Lipinski definition) is 1. The number of halogens is 1. The van der Waals surface area contributed by atoms with Crippen LogP contribution in [0, 0.1) is 10.5 Å². The molecule has 0 aliphatic carbocycles. The molecular weight excluding hydrogens is 563 g/mol. The minimum Gasteiger partial charge on any atom is -0.350 e. The van der Waals surface area contributed by atoms with Gasteiger partial charge in [-0.3, -0.25) is 9.10 Å². The summed E-state index contributed by atoms with van der Waals surface area (Å²) in [6, 6.07) is 22.8. The number of aryl methyl sites for hydroxylation is 1. The fourth-order valence-corrected chi connectivity index (χ4v) is 5.35. The molecule has 4 aromatic rings. The first kappa shape index (κ1) is 24.0. The van der Waals surface area contributed by atoms with Crippen molar-refractivity contribution in [1.29, 1.82) is 0 Å². The number of sulfonamides is 1. The van der Waals surface area contributed by atoms with Crippen molar-refractivity contribution in [2.24, 2.45) is 0 Å². The zero-order valence-electron chi connectivity index (χ0n) is 18.4. The smallest absolute Gasteiger partial charge is 0.264 e. The highest BCUT2D eigenvalue weighted by atomic mass is 127. The van der Waals surface area contributed by atoms with Crippen molar-refractivity contribution < 1.29 is 13.2 Å². The molecule has 4 rings (SSSR count). The van der Waals surface area contributed by atoms with Crippen LogP contribution in [-0.2, 0) is 21.4 Å². The van der Waals surface area contributed by atoms with Crippen molar-refractivity contribution in [3.63, 3.8) is 0 Å². The summed E-state index contributed by atoms with van der Waals surface area (Å²) in [5.41, 5.74) is 2.22. The van der Waals surface area contributed by atoms with Crippen LogP contribution < -0.4 is 9.62 Å². The number of benzene rings is 3. The molecule has 0 saturated carbocycles. The number of para-hydroxylation sites is 1. The first-order chi connectivity index (χ1) is 16.4. The van der Waals surface area contributed by atoms with Gasteiger partial charge in [-0.15, -0.1) is 0 Å². The molecule has 0 spiro atoms. The molecule has 1 N–H and O–H groups in total. The van der Waals surface area contributed by atoms with Gasteiger partial charge in [0.2, 0.25) is 5.91 Å². The van der Waals surface area contributed by atoms with Crippen molar-refractivity contribution in [2.45, 2.75) is 18.4 Å². The first-order valence-corrected chi connectivity index (χ1v) is 13.1. The number of aromatic nitrogens is 2. The van der Waals surface area contributed by atoms with Crippen molar-refractivity contribution in [3.8, 4) is 5.69 Å². The number of carbonyl (C=O) groups is 1. The average Bonchev–Trinajstić information content (AvgIpc) is 3.28. The van der Waals surface area contributed by atoms with Crippen molar-refractivity contribution in [2.75, 3.05) is 10.8 Å². The van der Waals surface area contributed by atoms with Crippen LogP contribution in [0.5, 0.6) is 0 Å². The maximum absolute atomic E-state index is 13.4. The van der Waals surface area contributed by atoms with Crippen LogP contribution in [0.1, 0.15) is 11.4 Å². The van der Waals surface area contributed by atoms with Gasteiger partial charge in [-0.1, -0.05) is 36.4 Å². The summed E-state index contributed by atoms with van der Waals surface area (Å²) < 4.78 is 30.9. The maximum Gasteiger partial charge on any atom is 0.264 e. The Bertz CT molecular complexity index is 1390. The van der Waals surface area contributed by atoms with Gasteiger partial charge in [0, 0.05) is 22.5 Å². The predicted octanol–water partition coefficient (Wildman–Crippen LogP) is 4.30. The summed E-state index contributed by atoms with van der Waals surface area (Å²) in [5.74, 6) is 0.424.